The van der Waals surface area contributed by atoms with Crippen molar-refractivity contribution in [1.82, 2.24) is 4.31 Å². The van der Waals surface area contributed by atoms with Crippen LogP contribution in [0.3, 0.4) is 0 Å². The summed E-state index contributed by atoms with van der Waals surface area (Å²) in [6, 6.07) is 6.70. The molecule has 1 atom stereocenters. The normalized spacial score (nSPS) is 21.3. The van der Waals surface area contributed by atoms with Gasteiger partial charge in [0.15, 0.2) is 0 Å². The van der Waals surface area contributed by atoms with E-state index in [2.05, 4.69) is 15.9 Å². The van der Waals surface area contributed by atoms with Crippen molar-refractivity contribution in [3.05, 3.63) is 28.7 Å². The predicted octanol–water partition coefficient (Wildman–Crippen LogP) is 2.25. The summed E-state index contributed by atoms with van der Waals surface area (Å²) in [5.41, 5.74) is 0. The van der Waals surface area contributed by atoms with E-state index in [1.165, 1.54) is 0 Å². The van der Waals surface area contributed by atoms with Gasteiger partial charge in [0.25, 0.3) is 0 Å². The zero-order valence-corrected chi connectivity index (χ0v) is 12.6. The van der Waals surface area contributed by atoms with E-state index in [1.807, 2.05) is 0 Å². The summed E-state index contributed by atoms with van der Waals surface area (Å²) in [5, 5.41) is 0. The fourth-order valence-electron chi connectivity index (χ4n) is 2.23. The molecule has 0 radical (unpaired) electrons. The highest BCUT2D eigenvalue weighted by atomic mass is 79.9. The molecule has 1 heterocycles. The van der Waals surface area contributed by atoms with E-state index < -0.39 is 10.0 Å². The highest BCUT2D eigenvalue weighted by molar-refractivity contribution is 9.10. The molecule has 1 fully saturated rings. The van der Waals surface area contributed by atoms with E-state index in [0.29, 0.717) is 18.0 Å². The Morgan fingerprint density at radius 1 is 1.39 bits per heavy atom. The van der Waals surface area contributed by atoms with E-state index in [1.54, 1.807) is 35.7 Å². The number of ether oxygens (including phenoxy) is 1. The van der Waals surface area contributed by atoms with Crippen molar-refractivity contribution >= 4 is 26.0 Å². The smallest absolute Gasteiger partial charge is 0.243 e. The molecular formula is C12H16BrNO3S. The fourth-order valence-corrected chi connectivity index (χ4v) is 4.17. The molecule has 18 heavy (non-hydrogen) atoms. The Hall–Kier alpha value is -0.430. The summed E-state index contributed by atoms with van der Waals surface area (Å²) in [6.45, 7) is 1.03. The predicted molar refractivity (Wildman–Crippen MR) is 72.9 cm³/mol. The van der Waals surface area contributed by atoms with Crippen molar-refractivity contribution < 1.29 is 13.2 Å². The average molecular weight is 334 g/mol. The van der Waals surface area contributed by atoms with Crippen LogP contribution in [0.1, 0.15) is 12.8 Å². The van der Waals surface area contributed by atoms with Crippen molar-refractivity contribution in [2.45, 2.75) is 23.8 Å². The fraction of sp³-hybridized carbons (Fsp3) is 0.500. The Bertz CT molecular complexity index is 501. The van der Waals surface area contributed by atoms with Gasteiger partial charge in [-0.2, -0.15) is 4.31 Å². The minimum atomic E-state index is -3.39. The maximum absolute atomic E-state index is 12.5. The Labute approximate surface area is 116 Å². The van der Waals surface area contributed by atoms with Gasteiger partial charge in [-0.3, -0.25) is 0 Å². The van der Waals surface area contributed by atoms with Crippen molar-refractivity contribution in [2.75, 3.05) is 20.3 Å². The lowest BCUT2D eigenvalue weighted by Gasteiger charge is -2.23. The second-order valence-electron chi connectivity index (χ2n) is 4.32. The molecule has 0 saturated carbocycles. The third kappa shape index (κ3) is 2.77. The van der Waals surface area contributed by atoms with Crippen LogP contribution in [0.4, 0.5) is 0 Å². The van der Waals surface area contributed by atoms with Gasteiger partial charge in [-0.15, -0.1) is 0 Å². The number of nitrogens with zero attached hydrogens (tertiary/aromatic N) is 1. The molecule has 0 aromatic heterocycles. The molecule has 100 valence electrons. The molecule has 6 heteroatoms. The van der Waals surface area contributed by atoms with Crippen molar-refractivity contribution in [3.63, 3.8) is 0 Å². The van der Waals surface area contributed by atoms with Crippen LogP contribution in [0.5, 0.6) is 0 Å². The maximum atomic E-state index is 12.5. The standard InChI is InChI=1S/C12H16BrNO3S/c1-17-9-11-3-2-8-14(11)18(15,16)12-6-4-10(13)5-7-12/h4-7,11H,2-3,8-9H2,1H3. The number of benzene rings is 1. The van der Waals surface area contributed by atoms with E-state index in [4.69, 9.17) is 4.74 Å². The van der Waals surface area contributed by atoms with Crippen LogP contribution in [-0.4, -0.2) is 39.0 Å². The van der Waals surface area contributed by atoms with Gasteiger partial charge in [0.2, 0.25) is 10.0 Å². The molecule has 0 N–H and O–H groups in total. The maximum Gasteiger partial charge on any atom is 0.243 e. The number of rotatable bonds is 4. The Morgan fingerprint density at radius 3 is 2.67 bits per heavy atom. The molecule has 0 aliphatic carbocycles. The summed E-state index contributed by atoms with van der Waals surface area (Å²) in [7, 11) is -1.79. The first-order valence-corrected chi connectivity index (χ1v) is 8.05. The van der Waals surface area contributed by atoms with Crippen LogP contribution in [0.25, 0.3) is 0 Å². The molecule has 0 amide bonds. The van der Waals surface area contributed by atoms with Gasteiger partial charge in [0, 0.05) is 24.2 Å². The third-order valence-corrected chi connectivity index (χ3v) is 5.60. The quantitative estimate of drug-likeness (QED) is 0.848. The monoisotopic (exact) mass is 333 g/mol. The lowest BCUT2D eigenvalue weighted by atomic mass is 10.2. The molecule has 1 aromatic carbocycles. The summed E-state index contributed by atoms with van der Waals surface area (Å²) in [4.78, 5) is 0.341. The second kappa shape index (κ2) is 5.69. The summed E-state index contributed by atoms with van der Waals surface area (Å²) in [5.74, 6) is 0. The first-order chi connectivity index (χ1) is 8.55. The van der Waals surface area contributed by atoms with Crippen LogP contribution in [0.15, 0.2) is 33.6 Å². The zero-order valence-electron chi connectivity index (χ0n) is 10.2. The average Bonchev–Trinajstić information content (AvgIpc) is 2.79. The zero-order chi connectivity index (χ0) is 13.2. The highest BCUT2D eigenvalue weighted by Crippen LogP contribution is 2.26. The van der Waals surface area contributed by atoms with E-state index in [9.17, 15) is 8.42 Å². The topological polar surface area (TPSA) is 46.6 Å². The summed E-state index contributed by atoms with van der Waals surface area (Å²) in [6.07, 6.45) is 1.76. The molecular weight excluding hydrogens is 318 g/mol. The molecule has 1 saturated heterocycles. The molecule has 2 rings (SSSR count). The van der Waals surface area contributed by atoms with Gasteiger partial charge in [-0.25, -0.2) is 8.42 Å². The molecule has 4 nitrogen and oxygen atoms in total. The Balaban J connectivity index is 2.27. The van der Waals surface area contributed by atoms with Crippen molar-refractivity contribution in [1.29, 1.82) is 0 Å². The molecule has 1 aromatic rings. The first kappa shape index (κ1) is 14.0. The molecule has 1 aliphatic heterocycles. The second-order valence-corrected chi connectivity index (χ2v) is 7.13. The Kier molecular flexibility index (Phi) is 4.42. The molecule has 0 spiro atoms. The van der Waals surface area contributed by atoms with E-state index in [-0.39, 0.29) is 6.04 Å². The van der Waals surface area contributed by atoms with Gasteiger partial charge in [-0.05, 0) is 37.1 Å². The Morgan fingerprint density at radius 2 is 2.06 bits per heavy atom. The van der Waals surface area contributed by atoms with Crippen LogP contribution in [-0.2, 0) is 14.8 Å². The van der Waals surface area contributed by atoms with E-state index >= 15 is 0 Å². The van der Waals surface area contributed by atoms with Gasteiger partial charge in [0.1, 0.15) is 0 Å². The van der Waals surface area contributed by atoms with Gasteiger partial charge >= 0.3 is 0 Å². The molecule has 0 bridgehead atoms. The number of sulfonamides is 1. The van der Waals surface area contributed by atoms with Gasteiger partial charge < -0.3 is 4.74 Å². The van der Waals surface area contributed by atoms with Gasteiger partial charge in [0.05, 0.1) is 11.5 Å². The lowest BCUT2D eigenvalue weighted by Crippen LogP contribution is -2.38. The third-order valence-electron chi connectivity index (χ3n) is 3.10. The number of methoxy groups -OCH3 is 1. The van der Waals surface area contributed by atoms with Crippen LogP contribution < -0.4 is 0 Å². The lowest BCUT2D eigenvalue weighted by molar-refractivity contribution is 0.149. The van der Waals surface area contributed by atoms with Crippen molar-refractivity contribution in [2.24, 2.45) is 0 Å². The van der Waals surface area contributed by atoms with Gasteiger partial charge in [-0.1, -0.05) is 15.9 Å². The van der Waals surface area contributed by atoms with Crippen molar-refractivity contribution in [3.8, 4) is 0 Å². The number of hydrogen-bond acceptors (Lipinski definition) is 3. The highest BCUT2D eigenvalue weighted by Gasteiger charge is 2.34. The molecule has 1 aliphatic rings. The first-order valence-electron chi connectivity index (χ1n) is 5.82. The van der Waals surface area contributed by atoms with Crippen LogP contribution in [0.2, 0.25) is 0 Å². The van der Waals surface area contributed by atoms with Crippen LogP contribution >= 0.6 is 15.9 Å². The number of halogens is 1. The summed E-state index contributed by atoms with van der Waals surface area (Å²) < 4.78 is 32.5. The van der Waals surface area contributed by atoms with Crippen LogP contribution in [0, 0.1) is 0 Å². The van der Waals surface area contributed by atoms with E-state index in [0.717, 1.165) is 17.3 Å². The summed E-state index contributed by atoms with van der Waals surface area (Å²) >= 11 is 3.30. The number of hydrogen-bond donors (Lipinski definition) is 0. The SMILES string of the molecule is COCC1CCCN1S(=O)(=O)c1ccc(Br)cc1. The minimum absolute atomic E-state index is 0.0383. The largest absolute Gasteiger partial charge is 0.383 e. The minimum Gasteiger partial charge on any atom is -0.383 e. The molecule has 1 unspecified atom stereocenters.